The Hall–Kier alpha value is -1.22. The summed E-state index contributed by atoms with van der Waals surface area (Å²) in [5.74, 6) is 0.491. The summed E-state index contributed by atoms with van der Waals surface area (Å²) >= 11 is 0. The topological polar surface area (TPSA) is 20.3 Å². The third-order valence-electron chi connectivity index (χ3n) is 5.29. The van der Waals surface area contributed by atoms with E-state index in [2.05, 4.69) is 11.9 Å². The van der Waals surface area contributed by atoms with E-state index in [-0.39, 0.29) is 17.7 Å². The van der Waals surface area contributed by atoms with Crippen LogP contribution < -0.4 is 0 Å². The molecule has 2 saturated heterocycles. The van der Waals surface area contributed by atoms with Crippen molar-refractivity contribution >= 4 is 5.78 Å². The lowest BCUT2D eigenvalue weighted by molar-refractivity contribution is -0.126. The van der Waals surface area contributed by atoms with E-state index in [1.165, 1.54) is 18.6 Å². The number of carbonyl (C=O) groups excluding carboxylic acids is 1. The molecule has 0 aromatic heterocycles. The van der Waals surface area contributed by atoms with Gasteiger partial charge in [-0.1, -0.05) is 19.1 Å². The van der Waals surface area contributed by atoms with Crippen molar-refractivity contribution < 1.29 is 9.18 Å². The summed E-state index contributed by atoms with van der Waals surface area (Å²) in [7, 11) is 2.15. The third-order valence-corrected chi connectivity index (χ3v) is 5.29. The average molecular weight is 275 g/mol. The van der Waals surface area contributed by atoms with Gasteiger partial charge in [-0.05, 0) is 49.9 Å². The van der Waals surface area contributed by atoms with Gasteiger partial charge in [0.1, 0.15) is 11.6 Å². The van der Waals surface area contributed by atoms with Crippen LogP contribution in [-0.4, -0.2) is 29.8 Å². The summed E-state index contributed by atoms with van der Waals surface area (Å²) in [6, 6.07) is 7.71. The van der Waals surface area contributed by atoms with E-state index in [0.717, 1.165) is 18.4 Å². The third kappa shape index (κ3) is 2.18. The van der Waals surface area contributed by atoms with E-state index in [1.54, 1.807) is 0 Å². The number of fused-ring (bicyclic) bond motifs is 2. The number of carbonyl (C=O) groups is 1. The lowest BCUT2D eigenvalue weighted by atomic mass is 9.73. The minimum absolute atomic E-state index is 0.0780. The van der Waals surface area contributed by atoms with Crippen molar-refractivity contribution in [3.05, 3.63) is 35.6 Å². The highest BCUT2D eigenvalue weighted by molar-refractivity contribution is 5.82. The quantitative estimate of drug-likeness (QED) is 0.843. The summed E-state index contributed by atoms with van der Waals surface area (Å²) < 4.78 is 13.1. The standard InChI is InChI=1S/C17H22FNO/c1-3-16(20)17-14(11-4-6-12(18)7-5-11)10-13-8-9-15(17)19(13)2/h4-7,13-15,17H,3,8-10H2,1-2H3/t13?,14-,15-,17+/m1/s1. The van der Waals surface area contributed by atoms with Crippen LogP contribution in [0.25, 0.3) is 0 Å². The highest BCUT2D eigenvalue weighted by Gasteiger charge is 2.48. The number of ketones is 1. The maximum atomic E-state index is 13.1. The number of benzene rings is 1. The monoisotopic (exact) mass is 275 g/mol. The smallest absolute Gasteiger partial charge is 0.137 e. The zero-order valence-corrected chi connectivity index (χ0v) is 12.2. The molecule has 2 aliphatic rings. The van der Waals surface area contributed by atoms with Gasteiger partial charge in [0, 0.05) is 24.4 Å². The number of nitrogens with zero attached hydrogens (tertiary/aromatic N) is 1. The predicted molar refractivity (Wildman–Crippen MR) is 77.1 cm³/mol. The summed E-state index contributed by atoms with van der Waals surface area (Å²) in [4.78, 5) is 14.9. The molecule has 108 valence electrons. The molecule has 2 fully saturated rings. The molecule has 3 heteroatoms. The van der Waals surface area contributed by atoms with Crippen molar-refractivity contribution in [2.45, 2.75) is 50.6 Å². The first-order valence-corrected chi connectivity index (χ1v) is 7.62. The first-order valence-electron chi connectivity index (χ1n) is 7.62. The minimum atomic E-state index is -0.206. The fourth-order valence-corrected chi connectivity index (χ4v) is 4.19. The first kappa shape index (κ1) is 13.7. The molecule has 0 aliphatic carbocycles. The molecule has 2 nitrogen and oxygen atoms in total. The second-order valence-corrected chi connectivity index (χ2v) is 6.20. The second kappa shape index (κ2) is 5.28. The molecule has 0 N–H and O–H groups in total. The van der Waals surface area contributed by atoms with Gasteiger partial charge in [-0.25, -0.2) is 4.39 Å². The van der Waals surface area contributed by atoms with Gasteiger partial charge in [0.15, 0.2) is 0 Å². The Balaban J connectivity index is 1.95. The van der Waals surface area contributed by atoms with Crippen LogP contribution in [0.4, 0.5) is 4.39 Å². The molecule has 1 unspecified atom stereocenters. The molecule has 2 aliphatic heterocycles. The predicted octanol–water partition coefficient (Wildman–Crippen LogP) is 3.37. The Morgan fingerprint density at radius 3 is 2.65 bits per heavy atom. The molecule has 4 atom stereocenters. The van der Waals surface area contributed by atoms with Crippen LogP contribution in [-0.2, 0) is 4.79 Å². The molecule has 0 amide bonds. The molecular formula is C17H22FNO. The highest BCUT2D eigenvalue weighted by atomic mass is 19.1. The fraction of sp³-hybridized carbons (Fsp3) is 0.588. The second-order valence-electron chi connectivity index (χ2n) is 6.20. The molecule has 1 aromatic carbocycles. The van der Waals surface area contributed by atoms with Gasteiger partial charge in [-0.2, -0.15) is 0 Å². The minimum Gasteiger partial charge on any atom is -0.300 e. The van der Waals surface area contributed by atoms with Crippen LogP contribution in [0, 0.1) is 11.7 Å². The molecule has 20 heavy (non-hydrogen) atoms. The number of halogens is 1. The van der Waals surface area contributed by atoms with Gasteiger partial charge >= 0.3 is 0 Å². The molecule has 2 bridgehead atoms. The number of piperidine rings is 1. The molecular weight excluding hydrogens is 253 g/mol. The summed E-state index contributed by atoms with van der Waals surface area (Å²) in [5, 5.41) is 0. The van der Waals surface area contributed by atoms with Gasteiger partial charge in [0.25, 0.3) is 0 Å². The largest absolute Gasteiger partial charge is 0.300 e. The van der Waals surface area contributed by atoms with Gasteiger partial charge < -0.3 is 0 Å². The van der Waals surface area contributed by atoms with Crippen molar-refractivity contribution in [3.8, 4) is 0 Å². The van der Waals surface area contributed by atoms with Crippen molar-refractivity contribution in [1.82, 2.24) is 4.90 Å². The maximum absolute atomic E-state index is 13.1. The van der Waals surface area contributed by atoms with Crippen molar-refractivity contribution in [3.63, 3.8) is 0 Å². The van der Waals surface area contributed by atoms with Crippen LogP contribution in [0.2, 0.25) is 0 Å². The summed E-state index contributed by atoms with van der Waals surface area (Å²) in [6.45, 7) is 1.95. The molecule has 0 spiro atoms. The van der Waals surface area contributed by atoms with E-state index in [0.29, 0.717) is 24.3 Å². The molecule has 0 saturated carbocycles. The van der Waals surface area contributed by atoms with Crippen LogP contribution in [0.15, 0.2) is 24.3 Å². The van der Waals surface area contributed by atoms with E-state index >= 15 is 0 Å². The zero-order chi connectivity index (χ0) is 14.3. The normalized spacial score (nSPS) is 33.4. The molecule has 1 aromatic rings. The van der Waals surface area contributed by atoms with Crippen molar-refractivity contribution in [2.75, 3.05) is 7.05 Å². The Morgan fingerprint density at radius 1 is 1.30 bits per heavy atom. The Labute approximate surface area is 120 Å². The van der Waals surface area contributed by atoms with Gasteiger partial charge in [0.2, 0.25) is 0 Å². The summed E-state index contributed by atoms with van der Waals surface area (Å²) in [6.07, 6.45) is 3.92. The zero-order valence-electron chi connectivity index (χ0n) is 12.2. The van der Waals surface area contributed by atoms with Crippen LogP contribution >= 0.6 is 0 Å². The lowest BCUT2D eigenvalue weighted by Crippen LogP contribution is -2.48. The number of hydrogen-bond acceptors (Lipinski definition) is 2. The Bertz CT molecular complexity index is 498. The molecule has 2 heterocycles. The highest BCUT2D eigenvalue weighted by Crippen LogP contribution is 2.46. The van der Waals surface area contributed by atoms with Gasteiger partial charge in [-0.15, -0.1) is 0 Å². The maximum Gasteiger partial charge on any atom is 0.137 e. The van der Waals surface area contributed by atoms with Crippen molar-refractivity contribution in [2.24, 2.45) is 5.92 Å². The van der Waals surface area contributed by atoms with Crippen LogP contribution in [0.1, 0.15) is 44.1 Å². The van der Waals surface area contributed by atoms with Crippen LogP contribution in [0.5, 0.6) is 0 Å². The molecule has 3 rings (SSSR count). The number of rotatable bonds is 3. The van der Waals surface area contributed by atoms with Crippen molar-refractivity contribution in [1.29, 1.82) is 0 Å². The van der Waals surface area contributed by atoms with E-state index in [9.17, 15) is 9.18 Å². The van der Waals surface area contributed by atoms with Crippen LogP contribution in [0.3, 0.4) is 0 Å². The fourth-order valence-electron chi connectivity index (χ4n) is 4.19. The van der Waals surface area contributed by atoms with E-state index in [1.807, 2.05) is 19.1 Å². The lowest BCUT2D eigenvalue weighted by Gasteiger charge is -2.42. The first-order chi connectivity index (χ1) is 9.61. The number of Topliss-reactive ketones (excluding diaryl/α,β-unsaturated/α-hetero) is 1. The van der Waals surface area contributed by atoms with Gasteiger partial charge in [-0.3, -0.25) is 9.69 Å². The van der Waals surface area contributed by atoms with E-state index in [4.69, 9.17) is 0 Å². The SMILES string of the molecule is CCC(=O)[C@H]1[C@@H](c2ccc(F)cc2)CC2CC[C@H]1N2C. The average Bonchev–Trinajstić information content (AvgIpc) is 2.70. The Morgan fingerprint density at radius 2 is 2.00 bits per heavy atom. The Kier molecular flexibility index (Phi) is 3.63. The van der Waals surface area contributed by atoms with Gasteiger partial charge in [0.05, 0.1) is 0 Å². The number of hydrogen-bond donors (Lipinski definition) is 0. The molecule has 0 radical (unpaired) electrons. The van der Waals surface area contributed by atoms with E-state index < -0.39 is 0 Å². The summed E-state index contributed by atoms with van der Waals surface area (Å²) in [5.41, 5.74) is 1.13.